The van der Waals surface area contributed by atoms with Crippen LogP contribution in [0, 0.1) is 6.92 Å². The number of aryl methyl sites for hydroxylation is 1. The molecule has 6 heteroatoms. The standard InChI is InChI=1S/C24H25NO5/c1-3-27-23(26)13-18-15-29-22-14-19(9-10-20(18)22)28-12-11-21-16(2)30-24(25-21)17-7-5-4-6-8-17/h4-10,14,18H,3,11-13,15H2,1-2H3. The Balaban J connectivity index is 1.34. The number of esters is 1. The number of hydrogen-bond acceptors (Lipinski definition) is 6. The van der Waals surface area contributed by atoms with Gasteiger partial charge in [-0.3, -0.25) is 4.79 Å². The molecule has 3 aromatic rings. The molecular weight excluding hydrogens is 382 g/mol. The van der Waals surface area contributed by atoms with Gasteiger partial charge in [0.25, 0.3) is 0 Å². The summed E-state index contributed by atoms with van der Waals surface area (Å²) in [6.45, 7) is 5.08. The second-order valence-electron chi connectivity index (χ2n) is 7.20. The Morgan fingerprint density at radius 2 is 2.03 bits per heavy atom. The highest BCUT2D eigenvalue weighted by molar-refractivity contribution is 5.71. The highest BCUT2D eigenvalue weighted by atomic mass is 16.5. The molecule has 0 amide bonds. The summed E-state index contributed by atoms with van der Waals surface area (Å²) in [5.41, 5.74) is 2.87. The van der Waals surface area contributed by atoms with Gasteiger partial charge in [0.2, 0.25) is 5.89 Å². The van der Waals surface area contributed by atoms with Crippen LogP contribution in [0.3, 0.4) is 0 Å². The Kier molecular flexibility index (Phi) is 6.02. The normalized spacial score (nSPS) is 14.8. The van der Waals surface area contributed by atoms with E-state index in [-0.39, 0.29) is 11.9 Å². The van der Waals surface area contributed by atoms with E-state index < -0.39 is 0 Å². The monoisotopic (exact) mass is 407 g/mol. The molecule has 156 valence electrons. The molecule has 0 fully saturated rings. The number of hydrogen-bond donors (Lipinski definition) is 0. The fourth-order valence-electron chi connectivity index (χ4n) is 3.57. The Bertz CT molecular complexity index is 1010. The molecule has 0 bridgehead atoms. The summed E-state index contributed by atoms with van der Waals surface area (Å²) < 4.78 is 22.5. The van der Waals surface area contributed by atoms with Crippen LogP contribution < -0.4 is 9.47 Å². The second kappa shape index (κ2) is 9.03. The van der Waals surface area contributed by atoms with Crippen molar-refractivity contribution in [2.45, 2.75) is 32.6 Å². The number of carbonyl (C=O) groups excluding carboxylic acids is 1. The molecule has 0 saturated carbocycles. The minimum absolute atomic E-state index is 0.0299. The van der Waals surface area contributed by atoms with Gasteiger partial charge in [-0.1, -0.05) is 24.3 Å². The SMILES string of the molecule is CCOC(=O)CC1COc2cc(OCCc3nc(-c4ccccc4)oc3C)ccc21. The Morgan fingerprint density at radius 1 is 1.20 bits per heavy atom. The van der Waals surface area contributed by atoms with Crippen LogP contribution in [0.2, 0.25) is 0 Å². The largest absolute Gasteiger partial charge is 0.493 e. The molecule has 2 heterocycles. The number of benzene rings is 2. The molecule has 6 nitrogen and oxygen atoms in total. The maximum Gasteiger partial charge on any atom is 0.306 e. The molecule has 2 aromatic carbocycles. The van der Waals surface area contributed by atoms with Gasteiger partial charge in [-0.2, -0.15) is 0 Å². The van der Waals surface area contributed by atoms with E-state index in [1.165, 1.54) is 0 Å². The van der Waals surface area contributed by atoms with Crippen molar-refractivity contribution in [2.24, 2.45) is 0 Å². The molecule has 0 N–H and O–H groups in total. The quantitative estimate of drug-likeness (QED) is 0.504. The van der Waals surface area contributed by atoms with Gasteiger partial charge < -0.3 is 18.6 Å². The predicted octanol–water partition coefficient (Wildman–Crippen LogP) is 4.70. The van der Waals surface area contributed by atoms with Crippen molar-refractivity contribution in [1.29, 1.82) is 0 Å². The zero-order chi connectivity index (χ0) is 20.9. The molecule has 1 aliphatic rings. The first-order valence-electron chi connectivity index (χ1n) is 10.2. The zero-order valence-corrected chi connectivity index (χ0v) is 17.2. The van der Waals surface area contributed by atoms with E-state index in [1.54, 1.807) is 0 Å². The van der Waals surface area contributed by atoms with Gasteiger partial charge in [0.15, 0.2) is 0 Å². The van der Waals surface area contributed by atoms with Crippen LogP contribution in [-0.4, -0.2) is 30.8 Å². The third-order valence-corrected chi connectivity index (χ3v) is 5.10. The van der Waals surface area contributed by atoms with Crippen LogP contribution in [0.4, 0.5) is 0 Å². The number of nitrogens with zero attached hydrogens (tertiary/aromatic N) is 1. The van der Waals surface area contributed by atoms with E-state index in [9.17, 15) is 4.79 Å². The average molecular weight is 407 g/mol. The van der Waals surface area contributed by atoms with Crippen LogP contribution in [0.5, 0.6) is 11.5 Å². The van der Waals surface area contributed by atoms with Crippen molar-refractivity contribution in [3.8, 4) is 23.0 Å². The van der Waals surface area contributed by atoms with E-state index in [0.29, 0.717) is 38.6 Å². The molecule has 0 saturated heterocycles. The number of oxazole rings is 1. The van der Waals surface area contributed by atoms with Crippen molar-refractivity contribution in [3.63, 3.8) is 0 Å². The van der Waals surface area contributed by atoms with Crippen LogP contribution in [-0.2, 0) is 16.0 Å². The van der Waals surface area contributed by atoms with E-state index in [4.69, 9.17) is 18.6 Å². The molecule has 1 unspecified atom stereocenters. The van der Waals surface area contributed by atoms with Gasteiger partial charge >= 0.3 is 5.97 Å². The third kappa shape index (κ3) is 4.48. The minimum Gasteiger partial charge on any atom is -0.493 e. The molecule has 1 atom stereocenters. The molecule has 1 aliphatic heterocycles. The number of ether oxygens (including phenoxy) is 3. The first kappa shape index (κ1) is 20.0. The summed E-state index contributed by atoms with van der Waals surface area (Å²) in [5.74, 6) is 2.76. The van der Waals surface area contributed by atoms with Gasteiger partial charge in [0.1, 0.15) is 17.3 Å². The van der Waals surface area contributed by atoms with Crippen molar-refractivity contribution in [1.82, 2.24) is 4.98 Å². The second-order valence-corrected chi connectivity index (χ2v) is 7.20. The summed E-state index contributed by atoms with van der Waals surface area (Å²) >= 11 is 0. The lowest BCUT2D eigenvalue weighted by Crippen LogP contribution is -2.11. The molecule has 1 aromatic heterocycles. The Hall–Kier alpha value is -3.28. The van der Waals surface area contributed by atoms with E-state index in [0.717, 1.165) is 34.1 Å². The number of fused-ring (bicyclic) bond motifs is 1. The fraction of sp³-hybridized carbons (Fsp3) is 0.333. The van der Waals surface area contributed by atoms with E-state index in [2.05, 4.69) is 4.98 Å². The first-order valence-corrected chi connectivity index (χ1v) is 10.2. The number of rotatable bonds is 8. The van der Waals surface area contributed by atoms with Crippen LogP contribution in [0.15, 0.2) is 52.9 Å². The zero-order valence-electron chi connectivity index (χ0n) is 17.2. The maximum atomic E-state index is 11.8. The van der Waals surface area contributed by atoms with Gasteiger partial charge in [-0.15, -0.1) is 0 Å². The lowest BCUT2D eigenvalue weighted by atomic mass is 9.98. The molecule has 0 spiro atoms. The smallest absolute Gasteiger partial charge is 0.306 e. The van der Waals surface area contributed by atoms with Crippen LogP contribution >= 0.6 is 0 Å². The first-order chi connectivity index (χ1) is 14.6. The molecule has 4 rings (SSSR count). The highest BCUT2D eigenvalue weighted by Gasteiger charge is 2.27. The molecular formula is C24H25NO5. The Labute approximate surface area is 175 Å². The topological polar surface area (TPSA) is 70.8 Å². The van der Waals surface area contributed by atoms with Crippen molar-refractivity contribution in [3.05, 3.63) is 65.5 Å². The van der Waals surface area contributed by atoms with E-state index >= 15 is 0 Å². The lowest BCUT2D eigenvalue weighted by Gasteiger charge is -2.09. The van der Waals surface area contributed by atoms with E-state index in [1.807, 2.05) is 62.4 Å². The van der Waals surface area contributed by atoms with Gasteiger partial charge in [-0.05, 0) is 32.0 Å². The average Bonchev–Trinajstić information content (AvgIpc) is 3.32. The summed E-state index contributed by atoms with van der Waals surface area (Å²) in [7, 11) is 0. The fourth-order valence-corrected chi connectivity index (χ4v) is 3.57. The molecule has 0 radical (unpaired) electrons. The van der Waals surface area contributed by atoms with Crippen LogP contribution in [0.25, 0.3) is 11.5 Å². The van der Waals surface area contributed by atoms with Crippen molar-refractivity contribution >= 4 is 5.97 Å². The van der Waals surface area contributed by atoms with Gasteiger partial charge in [-0.25, -0.2) is 4.98 Å². The third-order valence-electron chi connectivity index (χ3n) is 5.10. The number of aromatic nitrogens is 1. The maximum absolute atomic E-state index is 11.8. The van der Waals surface area contributed by atoms with Gasteiger partial charge in [0, 0.05) is 29.5 Å². The molecule has 0 aliphatic carbocycles. The summed E-state index contributed by atoms with van der Waals surface area (Å²) in [5, 5.41) is 0. The predicted molar refractivity (Wildman–Crippen MR) is 112 cm³/mol. The summed E-state index contributed by atoms with van der Waals surface area (Å²) in [6, 6.07) is 15.6. The molecule has 30 heavy (non-hydrogen) atoms. The van der Waals surface area contributed by atoms with Gasteiger partial charge in [0.05, 0.1) is 31.9 Å². The van der Waals surface area contributed by atoms with Crippen molar-refractivity contribution in [2.75, 3.05) is 19.8 Å². The minimum atomic E-state index is -0.197. The van der Waals surface area contributed by atoms with Crippen molar-refractivity contribution < 1.29 is 23.4 Å². The Morgan fingerprint density at radius 3 is 2.83 bits per heavy atom. The highest BCUT2D eigenvalue weighted by Crippen LogP contribution is 2.38. The summed E-state index contributed by atoms with van der Waals surface area (Å²) in [6.07, 6.45) is 0.974. The number of carbonyl (C=O) groups is 1. The van der Waals surface area contributed by atoms with Crippen LogP contribution in [0.1, 0.15) is 36.3 Å². The lowest BCUT2D eigenvalue weighted by molar-refractivity contribution is -0.143. The summed E-state index contributed by atoms with van der Waals surface area (Å²) in [4.78, 5) is 16.4.